The number of nitrogens with two attached hydrogens (primary N) is 2. The maximum absolute atomic E-state index is 7.57. The predicted molar refractivity (Wildman–Crippen MR) is 116 cm³/mol. The van der Waals surface area contributed by atoms with Gasteiger partial charge in [-0.25, -0.2) is 0 Å². The van der Waals surface area contributed by atoms with Crippen molar-refractivity contribution in [2.75, 3.05) is 0 Å². The highest BCUT2D eigenvalue weighted by Gasteiger charge is 2.03. The van der Waals surface area contributed by atoms with Gasteiger partial charge in [0.05, 0.1) is 0 Å². The summed E-state index contributed by atoms with van der Waals surface area (Å²) in [5.41, 5.74) is 17.7. The van der Waals surface area contributed by atoms with Crippen LogP contribution in [0.25, 0.3) is 0 Å². The van der Waals surface area contributed by atoms with Crippen molar-refractivity contribution in [2.24, 2.45) is 11.5 Å². The largest absolute Gasteiger partial charge is 0.384 e. The second-order valence-corrected chi connectivity index (χ2v) is 7.05. The van der Waals surface area contributed by atoms with Gasteiger partial charge in [0.1, 0.15) is 11.7 Å². The lowest BCUT2D eigenvalue weighted by atomic mass is 9.98. The number of nitrogen functional groups attached to an aromatic ring is 2. The highest BCUT2D eigenvalue weighted by molar-refractivity contribution is 5.95. The molecule has 0 heterocycles. The number of nitrogens with one attached hydrogen (secondary N) is 2. The van der Waals surface area contributed by atoms with Crippen molar-refractivity contribution in [2.45, 2.75) is 25.7 Å². The van der Waals surface area contributed by atoms with E-state index in [-0.39, 0.29) is 11.7 Å². The van der Waals surface area contributed by atoms with Crippen molar-refractivity contribution >= 4 is 11.7 Å². The van der Waals surface area contributed by atoms with Gasteiger partial charge in [0.2, 0.25) is 0 Å². The lowest BCUT2D eigenvalue weighted by Gasteiger charge is -2.08. The molecule has 0 amide bonds. The van der Waals surface area contributed by atoms with Crippen molar-refractivity contribution < 1.29 is 0 Å². The average molecular weight is 370 g/mol. The second-order valence-electron chi connectivity index (χ2n) is 7.05. The van der Waals surface area contributed by atoms with E-state index in [0.29, 0.717) is 0 Å². The maximum Gasteiger partial charge on any atom is 0.122 e. The lowest BCUT2D eigenvalue weighted by molar-refractivity contribution is 0.930. The molecule has 0 bridgehead atoms. The molecule has 0 spiro atoms. The van der Waals surface area contributed by atoms with Gasteiger partial charge in [-0.1, -0.05) is 60.7 Å². The molecule has 0 aliphatic rings. The van der Waals surface area contributed by atoms with E-state index in [1.54, 1.807) is 0 Å². The van der Waals surface area contributed by atoms with E-state index in [1.807, 2.05) is 36.4 Å². The van der Waals surface area contributed by atoms with Crippen molar-refractivity contribution in [3.63, 3.8) is 0 Å². The van der Waals surface area contributed by atoms with Gasteiger partial charge in [0, 0.05) is 11.1 Å². The molecule has 0 aliphatic heterocycles. The van der Waals surface area contributed by atoms with E-state index in [4.69, 9.17) is 22.3 Å². The molecule has 0 saturated heterocycles. The third kappa shape index (κ3) is 5.30. The van der Waals surface area contributed by atoms with Gasteiger partial charge in [-0.05, 0) is 60.1 Å². The van der Waals surface area contributed by atoms with Gasteiger partial charge in [-0.15, -0.1) is 0 Å². The molecule has 6 N–H and O–H groups in total. The van der Waals surface area contributed by atoms with Gasteiger partial charge in [0.15, 0.2) is 0 Å². The predicted octanol–water partition coefficient (Wildman–Crippen LogP) is 3.83. The van der Waals surface area contributed by atoms with Gasteiger partial charge >= 0.3 is 0 Å². The summed E-state index contributed by atoms with van der Waals surface area (Å²) in [5.74, 6) is 0.218. The normalized spacial score (nSPS) is 10.6. The molecule has 0 unspecified atom stereocenters. The first-order chi connectivity index (χ1) is 13.5. The van der Waals surface area contributed by atoms with Crippen LogP contribution >= 0.6 is 0 Å². The van der Waals surface area contributed by atoms with E-state index in [2.05, 4.69) is 36.4 Å². The fraction of sp³-hybridized carbons (Fsp3) is 0.167. The lowest BCUT2D eigenvalue weighted by Crippen LogP contribution is -2.11. The first-order valence-corrected chi connectivity index (χ1v) is 9.46. The standard InChI is InChI=1S/C24H26N4/c25-23(26)21-8-2-6-19(15-21)12-10-17-4-1-5-18(14-17)11-13-20-7-3-9-22(16-20)24(27)28/h1-9,14-16H,10-13H2,(H3,25,26)(H3,27,28). The minimum atomic E-state index is 0.109. The van der Waals surface area contributed by atoms with E-state index in [9.17, 15) is 0 Å². The van der Waals surface area contributed by atoms with Crippen LogP contribution in [0.1, 0.15) is 33.4 Å². The van der Waals surface area contributed by atoms with Crippen LogP contribution in [0.2, 0.25) is 0 Å². The van der Waals surface area contributed by atoms with Crippen LogP contribution in [0.15, 0.2) is 72.8 Å². The Kier molecular flexibility index (Phi) is 6.22. The first kappa shape index (κ1) is 19.4. The van der Waals surface area contributed by atoms with Crippen LogP contribution in [0, 0.1) is 10.8 Å². The van der Waals surface area contributed by atoms with Gasteiger partial charge < -0.3 is 11.5 Å². The summed E-state index contributed by atoms with van der Waals surface area (Å²) in [6, 6.07) is 24.5. The van der Waals surface area contributed by atoms with Crippen LogP contribution in [-0.4, -0.2) is 11.7 Å². The van der Waals surface area contributed by atoms with Crippen LogP contribution in [0.4, 0.5) is 0 Å². The van der Waals surface area contributed by atoms with E-state index < -0.39 is 0 Å². The number of rotatable bonds is 8. The van der Waals surface area contributed by atoms with Crippen LogP contribution in [0.5, 0.6) is 0 Å². The Bertz CT molecular complexity index is 914. The summed E-state index contributed by atoms with van der Waals surface area (Å²) >= 11 is 0. The Balaban J connectivity index is 1.61. The van der Waals surface area contributed by atoms with E-state index >= 15 is 0 Å². The zero-order valence-electron chi connectivity index (χ0n) is 15.9. The molecule has 0 aromatic heterocycles. The van der Waals surface area contributed by atoms with Gasteiger partial charge in [-0.3, -0.25) is 10.8 Å². The molecule has 3 rings (SSSR count). The molecule has 4 nitrogen and oxygen atoms in total. The minimum absolute atomic E-state index is 0.109. The van der Waals surface area contributed by atoms with Crippen LogP contribution in [-0.2, 0) is 25.7 Å². The van der Waals surface area contributed by atoms with Gasteiger partial charge in [-0.2, -0.15) is 0 Å². The summed E-state index contributed by atoms with van der Waals surface area (Å²) in [6.45, 7) is 0. The monoisotopic (exact) mass is 370 g/mol. The Morgan fingerprint density at radius 2 is 0.857 bits per heavy atom. The molecule has 0 fully saturated rings. The quantitative estimate of drug-likeness (QED) is 0.358. The van der Waals surface area contributed by atoms with E-state index in [1.165, 1.54) is 22.3 Å². The third-order valence-electron chi connectivity index (χ3n) is 4.87. The summed E-state index contributed by atoms with van der Waals surface area (Å²) in [6.07, 6.45) is 3.75. The number of hydrogen-bond acceptors (Lipinski definition) is 2. The Labute approximate surface area is 166 Å². The minimum Gasteiger partial charge on any atom is -0.384 e. The fourth-order valence-electron chi connectivity index (χ4n) is 3.31. The summed E-state index contributed by atoms with van der Waals surface area (Å²) in [4.78, 5) is 0. The molecule has 3 aromatic rings. The van der Waals surface area contributed by atoms with Crippen molar-refractivity contribution in [3.05, 3.63) is 106 Å². The molecule has 0 saturated carbocycles. The number of amidine groups is 2. The third-order valence-corrected chi connectivity index (χ3v) is 4.87. The molecular formula is C24H26N4. The summed E-state index contributed by atoms with van der Waals surface area (Å²) in [7, 11) is 0. The summed E-state index contributed by atoms with van der Waals surface area (Å²) < 4.78 is 0. The zero-order chi connectivity index (χ0) is 19.9. The fourth-order valence-corrected chi connectivity index (χ4v) is 3.31. The molecular weight excluding hydrogens is 344 g/mol. The Morgan fingerprint density at radius 1 is 0.536 bits per heavy atom. The topological polar surface area (TPSA) is 99.7 Å². The van der Waals surface area contributed by atoms with Crippen molar-refractivity contribution in [3.8, 4) is 0 Å². The Hall–Kier alpha value is -3.40. The highest BCUT2D eigenvalue weighted by atomic mass is 14.7. The van der Waals surface area contributed by atoms with Crippen molar-refractivity contribution in [1.82, 2.24) is 0 Å². The maximum atomic E-state index is 7.57. The van der Waals surface area contributed by atoms with Gasteiger partial charge in [0.25, 0.3) is 0 Å². The summed E-state index contributed by atoms with van der Waals surface area (Å²) in [5, 5.41) is 15.1. The number of aryl methyl sites for hydroxylation is 4. The molecule has 28 heavy (non-hydrogen) atoms. The van der Waals surface area contributed by atoms with Crippen LogP contribution in [0.3, 0.4) is 0 Å². The Morgan fingerprint density at radius 3 is 1.21 bits per heavy atom. The molecule has 142 valence electrons. The first-order valence-electron chi connectivity index (χ1n) is 9.46. The second kappa shape index (κ2) is 9.00. The number of hydrogen-bond donors (Lipinski definition) is 4. The smallest absolute Gasteiger partial charge is 0.122 e. The SMILES string of the molecule is N=C(N)c1cccc(CCc2cccc(CCc3cccc(C(=N)N)c3)c2)c1. The zero-order valence-corrected chi connectivity index (χ0v) is 15.9. The highest BCUT2D eigenvalue weighted by Crippen LogP contribution is 2.14. The number of benzene rings is 3. The molecule has 0 atom stereocenters. The average Bonchev–Trinajstić information content (AvgIpc) is 2.71. The van der Waals surface area contributed by atoms with Crippen LogP contribution < -0.4 is 11.5 Å². The van der Waals surface area contributed by atoms with Crippen molar-refractivity contribution in [1.29, 1.82) is 10.8 Å². The van der Waals surface area contributed by atoms with E-state index in [0.717, 1.165) is 36.8 Å². The molecule has 3 aromatic carbocycles. The molecule has 0 radical (unpaired) electrons. The molecule has 4 heteroatoms. The molecule has 0 aliphatic carbocycles.